The molecule has 0 radical (unpaired) electrons. The van der Waals surface area contributed by atoms with Gasteiger partial charge in [0.25, 0.3) is 0 Å². The molecule has 0 spiro atoms. The van der Waals surface area contributed by atoms with Crippen LogP contribution in [0.3, 0.4) is 0 Å². The summed E-state index contributed by atoms with van der Waals surface area (Å²) in [5.74, 6) is -0.418. The van der Waals surface area contributed by atoms with Gasteiger partial charge in [0, 0.05) is 23.9 Å². The first kappa shape index (κ1) is 21.7. The number of hydrogen-bond acceptors (Lipinski definition) is 4. The number of sulfonamides is 1. The Hall–Kier alpha value is -3.56. The molecular formula is C23H19F2N3O3S. The number of ether oxygens (including phenoxy) is 1. The van der Waals surface area contributed by atoms with Gasteiger partial charge in [0.05, 0.1) is 11.4 Å². The van der Waals surface area contributed by atoms with Gasteiger partial charge in [0.15, 0.2) is 0 Å². The quantitative estimate of drug-likeness (QED) is 0.421. The van der Waals surface area contributed by atoms with Crippen molar-refractivity contribution in [3.63, 3.8) is 0 Å². The number of benzene rings is 3. The third kappa shape index (κ3) is 4.84. The molecule has 0 saturated carbocycles. The van der Waals surface area contributed by atoms with Crippen molar-refractivity contribution in [2.24, 2.45) is 0 Å². The van der Waals surface area contributed by atoms with Crippen LogP contribution in [-0.2, 0) is 16.6 Å². The van der Waals surface area contributed by atoms with Crippen LogP contribution in [0.2, 0.25) is 0 Å². The zero-order chi connectivity index (χ0) is 22.6. The van der Waals surface area contributed by atoms with Gasteiger partial charge in [-0.25, -0.2) is 17.8 Å². The zero-order valence-corrected chi connectivity index (χ0v) is 17.5. The van der Waals surface area contributed by atoms with Crippen LogP contribution in [0.15, 0.2) is 96.0 Å². The van der Waals surface area contributed by atoms with Crippen molar-refractivity contribution in [1.29, 1.82) is 0 Å². The van der Waals surface area contributed by atoms with Gasteiger partial charge in [-0.05, 0) is 24.3 Å². The van der Waals surface area contributed by atoms with Gasteiger partial charge in [-0.1, -0.05) is 60.7 Å². The lowest BCUT2D eigenvalue weighted by molar-refractivity contribution is -0.0517. The highest BCUT2D eigenvalue weighted by Crippen LogP contribution is 2.27. The molecule has 0 amide bonds. The van der Waals surface area contributed by atoms with E-state index in [9.17, 15) is 17.2 Å². The fraction of sp³-hybridized carbons (Fsp3) is 0.0870. The van der Waals surface area contributed by atoms with Gasteiger partial charge >= 0.3 is 6.61 Å². The van der Waals surface area contributed by atoms with Crippen molar-refractivity contribution in [1.82, 2.24) is 14.5 Å². The van der Waals surface area contributed by atoms with E-state index in [-0.39, 0.29) is 11.4 Å². The maximum Gasteiger partial charge on any atom is 0.387 e. The summed E-state index contributed by atoms with van der Waals surface area (Å²) in [4.78, 5) is -0.364. The summed E-state index contributed by atoms with van der Waals surface area (Å²) in [5, 5.41) is 4.64. The average molecular weight is 455 g/mol. The van der Waals surface area contributed by atoms with Crippen LogP contribution < -0.4 is 9.46 Å². The van der Waals surface area contributed by atoms with E-state index in [0.29, 0.717) is 11.3 Å². The molecule has 0 fully saturated rings. The number of hydrogen-bond donors (Lipinski definition) is 1. The predicted molar refractivity (Wildman–Crippen MR) is 116 cm³/mol. The van der Waals surface area contributed by atoms with Gasteiger partial charge < -0.3 is 4.74 Å². The summed E-state index contributed by atoms with van der Waals surface area (Å²) in [5.41, 5.74) is 2.86. The van der Waals surface area contributed by atoms with E-state index >= 15 is 0 Å². The van der Waals surface area contributed by atoms with Crippen molar-refractivity contribution in [3.05, 3.63) is 96.7 Å². The van der Waals surface area contributed by atoms with Gasteiger partial charge in [-0.2, -0.15) is 13.9 Å². The number of nitrogens with one attached hydrogen (secondary N) is 1. The fourth-order valence-electron chi connectivity index (χ4n) is 3.21. The van der Waals surface area contributed by atoms with E-state index in [1.54, 1.807) is 10.9 Å². The minimum absolute atomic E-state index is 0.0948. The summed E-state index contributed by atoms with van der Waals surface area (Å²) in [6.07, 6.45) is 1.74. The predicted octanol–water partition coefficient (Wildman–Crippen LogP) is 4.62. The molecule has 164 valence electrons. The first-order valence-electron chi connectivity index (χ1n) is 9.67. The molecule has 1 N–H and O–H groups in total. The van der Waals surface area contributed by atoms with E-state index in [1.807, 2.05) is 60.7 Å². The Bertz CT molecular complexity index is 1290. The second-order valence-corrected chi connectivity index (χ2v) is 8.53. The van der Waals surface area contributed by atoms with Crippen molar-refractivity contribution in [2.75, 3.05) is 0 Å². The van der Waals surface area contributed by atoms with Crippen LogP contribution in [0.5, 0.6) is 5.75 Å². The third-order valence-electron chi connectivity index (χ3n) is 4.67. The molecule has 0 unspecified atom stereocenters. The molecule has 3 aromatic carbocycles. The minimum atomic E-state index is -4.13. The lowest BCUT2D eigenvalue weighted by Gasteiger charge is -2.12. The molecule has 4 aromatic rings. The van der Waals surface area contributed by atoms with E-state index in [0.717, 1.165) is 11.3 Å². The SMILES string of the molecule is O=S(=O)(NCc1cn(-c2ccccc2)nc1-c1ccccc1)c1ccccc1OC(F)F. The smallest absolute Gasteiger partial charge is 0.387 e. The number of rotatable bonds is 8. The van der Waals surface area contributed by atoms with E-state index in [4.69, 9.17) is 0 Å². The van der Waals surface area contributed by atoms with Crippen LogP contribution in [-0.4, -0.2) is 24.8 Å². The number of halogens is 2. The lowest BCUT2D eigenvalue weighted by Crippen LogP contribution is -2.24. The highest BCUT2D eigenvalue weighted by molar-refractivity contribution is 7.89. The molecule has 0 saturated heterocycles. The first-order valence-corrected chi connectivity index (χ1v) is 11.2. The Morgan fingerprint density at radius 3 is 2.22 bits per heavy atom. The molecule has 4 rings (SSSR count). The normalized spacial score (nSPS) is 11.6. The van der Waals surface area contributed by atoms with Crippen molar-refractivity contribution < 1.29 is 21.9 Å². The van der Waals surface area contributed by atoms with Crippen molar-refractivity contribution in [3.8, 4) is 22.7 Å². The summed E-state index contributed by atoms with van der Waals surface area (Å²) in [6, 6.07) is 24.0. The van der Waals surface area contributed by atoms with Gasteiger partial charge in [-0.3, -0.25) is 0 Å². The first-order chi connectivity index (χ1) is 15.4. The zero-order valence-electron chi connectivity index (χ0n) is 16.7. The average Bonchev–Trinajstić information content (AvgIpc) is 3.23. The number of nitrogens with zero attached hydrogens (tertiary/aromatic N) is 2. The number of para-hydroxylation sites is 2. The Balaban J connectivity index is 1.67. The van der Waals surface area contributed by atoms with Crippen LogP contribution in [0, 0.1) is 0 Å². The molecule has 6 nitrogen and oxygen atoms in total. The second-order valence-electron chi connectivity index (χ2n) is 6.80. The van der Waals surface area contributed by atoms with Crippen molar-refractivity contribution >= 4 is 10.0 Å². The molecule has 1 heterocycles. The minimum Gasteiger partial charge on any atom is -0.433 e. The summed E-state index contributed by atoms with van der Waals surface area (Å²) >= 11 is 0. The Labute approximate surface area is 184 Å². The molecule has 32 heavy (non-hydrogen) atoms. The summed E-state index contributed by atoms with van der Waals surface area (Å²) in [6.45, 7) is -3.23. The Morgan fingerprint density at radius 1 is 0.906 bits per heavy atom. The highest BCUT2D eigenvalue weighted by Gasteiger charge is 2.22. The molecule has 0 aliphatic rings. The van der Waals surface area contributed by atoms with Crippen LogP contribution in [0.25, 0.3) is 16.9 Å². The largest absolute Gasteiger partial charge is 0.433 e. The van der Waals surface area contributed by atoms with E-state index in [2.05, 4.69) is 14.6 Å². The molecule has 9 heteroatoms. The Morgan fingerprint density at radius 2 is 1.53 bits per heavy atom. The molecule has 0 bridgehead atoms. The maximum absolute atomic E-state index is 12.9. The standard InChI is InChI=1S/C23H19F2N3O3S/c24-23(25)31-20-13-7-8-14-21(20)32(29,30)26-15-18-16-28(19-11-5-2-6-12-19)27-22(18)17-9-3-1-4-10-17/h1-14,16,23,26H,15H2. The monoisotopic (exact) mass is 455 g/mol. The fourth-order valence-corrected chi connectivity index (χ4v) is 4.35. The molecular weight excluding hydrogens is 436 g/mol. The highest BCUT2D eigenvalue weighted by atomic mass is 32.2. The number of alkyl halides is 2. The van der Waals surface area contributed by atoms with Crippen LogP contribution in [0.4, 0.5) is 8.78 Å². The van der Waals surface area contributed by atoms with Gasteiger partial charge in [0.2, 0.25) is 10.0 Å². The van der Waals surface area contributed by atoms with Crippen molar-refractivity contribution in [2.45, 2.75) is 18.1 Å². The number of aromatic nitrogens is 2. The molecule has 0 atom stereocenters. The topological polar surface area (TPSA) is 73.2 Å². The van der Waals surface area contributed by atoms with E-state index < -0.39 is 22.4 Å². The van der Waals surface area contributed by atoms with Gasteiger partial charge in [-0.15, -0.1) is 0 Å². The third-order valence-corrected chi connectivity index (χ3v) is 6.11. The van der Waals surface area contributed by atoms with E-state index in [1.165, 1.54) is 24.3 Å². The van der Waals surface area contributed by atoms with Crippen LogP contribution in [0.1, 0.15) is 5.56 Å². The van der Waals surface area contributed by atoms with Crippen LogP contribution >= 0.6 is 0 Å². The molecule has 0 aliphatic heterocycles. The maximum atomic E-state index is 12.9. The Kier molecular flexibility index (Phi) is 6.29. The second kappa shape index (κ2) is 9.29. The molecule has 0 aliphatic carbocycles. The van der Waals surface area contributed by atoms with Gasteiger partial charge in [0.1, 0.15) is 10.6 Å². The summed E-state index contributed by atoms with van der Waals surface area (Å²) in [7, 11) is -4.13. The summed E-state index contributed by atoms with van der Waals surface area (Å²) < 4.78 is 59.6. The lowest BCUT2D eigenvalue weighted by atomic mass is 10.1. The molecule has 1 aromatic heterocycles.